The Labute approximate surface area is 188 Å². The number of aromatic nitrogens is 3. The number of benzene rings is 1. The van der Waals surface area contributed by atoms with Gasteiger partial charge in [-0.3, -0.25) is 4.98 Å². The van der Waals surface area contributed by atoms with Crippen LogP contribution in [0.25, 0.3) is 22.6 Å². The maximum absolute atomic E-state index is 13.5. The van der Waals surface area contributed by atoms with E-state index in [4.69, 9.17) is 14.5 Å². The molecule has 0 aliphatic carbocycles. The van der Waals surface area contributed by atoms with Crippen molar-refractivity contribution < 1.29 is 31.8 Å². The van der Waals surface area contributed by atoms with Crippen molar-refractivity contribution in [2.45, 2.75) is 39.3 Å². The minimum atomic E-state index is -4.85. The van der Waals surface area contributed by atoms with Crippen LogP contribution in [0.5, 0.6) is 11.5 Å². The number of methoxy groups -OCH3 is 1. The second-order valence-corrected chi connectivity index (χ2v) is 7.79. The normalized spacial score (nSPS) is 16.3. The van der Waals surface area contributed by atoms with E-state index in [2.05, 4.69) is 9.72 Å². The first-order chi connectivity index (χ1) is 15.7. The van der Waals surface area contributed by atoms with E-state index < -0.39 is 24.9 Å². The molecule has 1 aromatic carbocycles. The Morgan fingerprint density at radius 2 is 1.79 bits per heavy atom. The number of aryl methyl sites for hydroxylation is 2. The summed E-state index contributed by atoms with van der Waals surface area (Å²) in [4.78, 5) is 9.25. The molecule has 1 unspecified atom stereocenters. The standard InChI is InChI=1S/C23H23F4N3O3/c1-13-8-16(9-14(2)28-13)21-18-6-7-32-17(11-24)12-30(18)22(29-21)15-4-5-19(20(10-15)31-3)33-23(25,26)27/h4-5,8-10,17H,6-7,11-12H2,1-3H3. The van der Waals surface area contributed by atoms with E-state index in [-0.39, 0.29) is 12.3 Å². The molecular formula is C23H23F4N3O3. The molecular weight excluding hydrogens is 442 g/mol. The van der Waals surface area contributed by atoms with Gasteiger partial charge in [0.25, 0.3) is 0 Å². The highest BCUT2D eigenvalue weighted by atomic mass is 19.4. The third kappa shape index (κ3) is 4.95. The molecule has 0 N–H and O–H groups in total. The number of hydrogen-bond acceptors (Lipinski definition) is 5. The lowest BCUT2D eigenvalue weighted by molar-refractivity contribution is -0.275. The fraction of sp³-hybridized carbons (Fsp3) is 0.391. The number of alkyl halides is 4. The van der Waals surface area contributed by atoms with Gasteiger partial charge in [-0.2, -0.15) is 0 Å². The van der Waals surface area contributed by atoms with Crippen LogP contribution in [0.2, 0.25) is 0 Å². The van der Waals surface area contributed by atoms with E-state index in [9.17, 15) is 17.6 Å². The number of pyridine rings is 1. The van der Waals surface area contributed by atoms with Gasteiger partial charge >= 0.3 is 6.36 Å². The van der Waals surface area contributed by atoms with Gasteiger partial charge in [0.2, 0.25) is 0 Å². The van der Waals surface area contributed by atoms with Gasteiger partial charge in [-0.05, 0) is 44.2 Å². The van der Waals surface area contributed by atoms with E-state index in [0.717, 1.165) is 22.6 Å². The van der Waals surface area contributed by atoms with Gasteiger partial charge in [0.1, 0.15) is 18.6 Å². The number of nitrogens with zero attached hydrogens (tertiary/aromatic N) is 3. The number of halogens is 4. The summed E-state index contributed by atoms with van der Waals surface area (Å²) in [6.07, 6.45) is -5.00. The summed E-state index contributed by atoms with van der Waals surface area (Å²) in [5, 5.41) is 0. The SMILES string of the molecule is COc1cc(-c2nc(-c3cc(C)nc(C)c3)c3n2CC(CF)OCC3)ccc1OC(F)(F)F. The highest BCUT2D eigenvalue weighted by Gasteiger charge is 2.33. The van der Waals surface area contributed by atoms with Gasteiger partial charge in [0.05, 0.1) is 26.0 Å². The maximum atomic E-state index is 13.5. The lowest BCUT2D eigenvalue weighted by atomic mass is 10.1. The molecule has 3 aromatic rings. The summed E-state index contributed by atoms with van der Waals surface area (Å²) in [6, 6.07) is 7.92. The van der Waals surface area contributed by atoms with Crippen molar-refractivity contribution in [1.82, 2.24) is 14.5 Å². The highest BCUT2D eigenvalue weighted by Crippen LogP contribution is 2.38. The predicted molar refractivity (Wildman–Crippen MR) is 113 cm³/mol. The maximum Gasteiger partial charge on any atom is 0.573 e. The molecule has 1 atom stereocenters. The molecule has 3 heterocycles. The van der Waals surface area contributed by atoms with Crippen LogP contribution in [-0.4, -0.2) is 47.4 Å². The Hall–Kier alpha value is -3.14. The van der Waals surface area contributed by atoms with Crippen LogP contribution < -0.4 is 9.47 Å². The van der Waals surface area contributed by atoms with Crippen LogP contribution in [0, 0.1) is 13.8 Å². The van der Waals surface area contributed by atoms with Gasteiger partial charge in [-0.15, -0.1) is 13.2 Å². The Kier molecular flexibility index (Phi) is 6.29. The van der Waals surface area contributed by atoms with Gasteiger partial charge < -0.3 is 18.8 Å². The monoisotopic (exact) mass is 465 g/mol. The molecule has 10 heteroatoms. The van der Waals surface area contributed by atoms with Crippen molar-refractivity contribution in [3.63, 3.8) is 0 Å². The minimum absolute atomic E-state index is 0.0914. The number of imidazole rings is 1. The number of fused-ring (bicyclic) bond motifs is 1. The molecule has 0 bridgehead atoms. The molecule has 0 amide bonds. The first-order valence-corrected chi connectivity index (χ1v) is 10.3. The summed E-state index contributed by atoms with van der Waals surface area (Å²) in [6.45, 7) is 3.66. The van der Waals surface area contributed by atoms with Crippen LogP contribution in [0.1, 0.15) is 17.1 Å². The summed E-state index contributed by atoms with van der Waals surface area (Å²) >= 11 is 0. The lowest BCUT2D eigenvalue weighted by Gasteiger charge is -2.16. The Morgan fingerprint density at radius 1 is 1.06 bits per heavy atom. The van der Waals surface area contributed by atoms with Gasteiger partial charge in [0.15, 0.2) is 11.5 Å². The molecule has 33 heavy (non-hydrogen) atoms. The Balaban J connectivity index is 1.87. The van der Waals surface area contributed by atoms with Gasteiger partial charge in [-0.25, -0.2) is 9.37 Å². The van der Waals surface area contributed by atoms with Crippen LogP contribution in [-0.2, 0) is 17.7 Å². The quantitative estimate of drug-likeness (QED) is 0.494. The molecule has 176 valence electrons. The second kappa shape index (κ2) is 9.01. The topological polar surface area (TPSA) is 58.4 Å². The highest BCUT2D eigenvalue weighted by molar-refractivity contribution is 5.70. The number of hydrogen-bond donors (Lipinski definition) is 0. The summed E-state index contributed by atoms with van der Waals surface area (Å²) in [5.41, 5.74) is 4.59. The molecule has 1 aliphatic heterocycles. The third-order valence-corrected chi connectivity index (χ3v) is 5.33. The average Bonchev–Trinajstić information content (AvgIpc) is 2.95. The largest absolute Gasteiger partial charge is 0.573 e. The number of ether oxygens (including phenoxy) is 3. The first-order valence-electron chi connectivity index (χ1n) is 10.3. The molecule has 6 nitrogen and oxygen atoms in total. The van der Waals surface area contributed by atoms with Crippen molar-refractivity contribution in [3.8, 4) is 34.1 Å². The van der Waals surface area contributed by atoms with E-state index in [1.165, 1.54) is 25.3 Å². The van der Waals surface area contributed by atoms with E-state index in [1.54, 1.807) is 0 Å². The zero-order chi connectivity index (χ0) is 23.8. The smallest absolute Gasteiger partial charge is 0.493 e. The number of rotatable bonds is 5. The molecule has 0 saturated carbocycles. The molecule has 1 aliphatic rings. The van der Waals surface area contributed by atoms with E-state index >= 15 is 0 Å². The van der Waals surface area contributed by atoms with Gasteiger partial charge in [0, 0.05) is 34.6 Å². The molecule has 0 fully saturated rings. The van der Waals surface area contributed by atoms with Crippen molar-refractivity contribution in [2.24, 2.45) is 0 Å². The molecule has 2 aromatic heterocycles. The lowest BCUT2D eigenvalue weighted by Crippen LogP contribution is -2.21. The fourth-order valence-corrected chi connectivity index (χ4v) is 4.05. The molecule has 0 saturated heterocycles. The third-order valence-electron chi connectivity index (χ3n) is 5.33. The van der Waals surface area contributed by atoms with Crippen molar-refractivity contribution >= 4 is 0 Å². The first kappa shape index (κ1) is 23.0. The summed E-state index contributed by atoms with van der Waals surface area (Å²) in [5.74, 6) is -0.0684. The Morgan fingerprint density at radius 3 is 2.42 bits per heavy atom. The fourth-order valence-electron chi connectivity index (χ4n) is 4.05. The van der Waals surface area contributed by atoms with Crippen molar-refractivity contribution in [1.29, 1.82) is 0 Å². The van der Waals surface area contributed by atoms with Crippen LogP contribution in [0.3, 0.4) is 0 Å². The molecule has 0 spiro atoms. The van der Waals surface area contributed by atoms with Crippen LogP contribution >= 0.6 is 0 Å². The zero-order valence-electron chi connectivity index (χ0n) is 18.4. The van der Waals surface area contributed by atoms with Gasteiger partial charge in [-0.1, -0.05) is 0 Å². The average molecular weight is 465 g/mol. The summed E-state index contributed by atoms with van der Waals surface area (Å²) < 4.78 is 68.5. The van der Waals surface area contributed by atoms with E-state index in [0.29, 0.717) is 30.1 Å². The second-order valence-electron chi connectivity index (χ2n) is 7.79. The zero-order valence-corrected chi connectivity index (χ0v) is 18.4. The van der Waals surface area contributed by atoms with Crippen molar-refractivity contribution in [3.05, 3.63) is 47.4 Å². The molecule has 0 radical (unpaired) electrons. The predicted octanol–water partition coefficient (Wildman–Crippen LogP) is 5.05. The van der Waals surface area contributed by atoms with E-state index in [1.807, 2.05) is 30.5 Å². The van der Waals surface area contributed by atoms with Crippen LogP contribution in [0.4, 0.5) is 17.6 Å². The Bertz CT molecular complexity index is 1140. The van der Waals surface area contributed by atoms with Crippen molar-refractivity contribution in [2.75, 3.05) is 20.4 Å². The minimum Gasteiger partial charge on any atom is -0.493 e. The van der Waals surface area contributed by atoms with Crippen LogP contribution in [0.15, 0.2) is 30.3 Å². The molecule has 4 rings (SSSR count). The summed E-state index contributed by atoms with van der Waals surface area (Å²) in [7, 11) is 1.26.